The summed E-state index contributed by atoms with van der Waals surface area (Å²) < 4.78 is 9.59. The molecule has 18 heavy (non-hydrogen) atoms. The third-order valence-electron chi connectivity index (χ3n) is 2.17. The first-order chi connectivity index (χ1) is 8.69. The number of phenols is 2. The molecule has 0 atom stereocenters. The van der Waals surface area contributed by atoms with Gasteiger partial charge in [-0.25, -0.2) is 0 Å². The Hall–Kier alpha value is -2.36. The molecule has 0 radical (unpaired) electrons. The second kappa shape index (κ2) is 7.06. The van der Waals surface area contributed by atoms with E-state index in [-0.39, 0.29) is 11.5 Å². The minimum absolute atomic E-state index is 0.181. The van der Waals surface area contributed by atoms with E-state index in [1.165, 1.54) is 14.2 Å². The molecule has 2 N–H and O–H groups in total. The lowest BCUT2D eigenvalue weighted by molar-refractivity contribution is 0.373. The lowest BCUT2D eigenvalue weighted by Crippen LogP contribution is -1.80. The number of aromatic hydroxyl groups is 2. The average molecular weight is 248 g/mol. The highest BCUT2D eigenvalue weighted by Gasteiger charge is 1.94. The van der Waals surface area contributed by atoms with Crippen molar-refractivity contribution < 1.29 is 19.7 Å². The van der Waals surface area contributed by atoms with E-state index in [2.05, 4.69) is 0 Å². The summed E-state index contributed by atoms with van der Waals surface area (Å²) in [5.41, 5.74) is 0. The lowest BCUT2D eigenvalue weighted by Gasteiger charge is -1.99. The number of methoxy groups -OCH3 is 2. The van der Waals surface area contributed by atoms with Crippen LogP contribution in [0.5, 0.6) is 23.0 Å². The van der Waals surface area contributed by atoms with Gasteiger partial charge in [0.2, 0.25) is 0 Å². The third kappa shape index (κ3) is 3.90. The van der Waals surface area contributed by atoms with Crippen LogP contribution in [-0.2, 0) is 0 Å². The highest BCUT2D eigenvalue weighted by molar-refractivity contribution is 5.38. The first-order valence-corrected chi connectivity index (χ1v) is 5.33. The Morgan fingerprint density at radius 2 is 1.00 bits per heavy atom. The Kier molecular flexibility index (Phi) is 5.38. The van der Waals surface area contributed by atoms with Crippen LogP contribution in [-0.4, -0.2) is 24.4 Å². The highest BCUT2D eigenvalue weighted by atomic mass is 16.5. The third-order valence-corrected chi connectivity index (χ3v) is 2.17. The molecule has 4 nitrogen and oxygen atoms in total. The van der Waals surface area contributed by atoms with E-state index in [0.29, 0.717) is 11.5 Å². The Morgan fingerprint density at radius 3 is 1.22 bits per heavy atom. The maximum absolute atomic E-state index is 8.99. The molecule has 0 saturated heterocycles. The number of phenolic OH excluding ortho intramolecular Hbond substituents is 2. The second-order valence-corrected chi connectivity index (χ2v) is 3.34. The summed E-state index contributed by atoms with van der Waals surface area (Å²) >= 11 is 0. The van der Waals surface area contributed by atoms with Crippen LogP contribution in [0.2, 0.25) is 0 Å². The Bertz CT molecular complexity index is 437. The van der Waals surface area contributed by atoms with Gasteiger partial charge >= 0.3 is 0 Å². The molecular formula is C14H16O4. The Labute approximate surface area is 106 Å². The van der Waals surface area contributed by atoms with Crippen LogP contribution in [0.15, 0.2) is 48.5 Å². The number of para-hydroxylation sites is 4. The van der Waals surface area contributed by atoms with Crippen LogP contribution in [0, 0.1) is 0 Å². The van der Waals surface area contributed by atoms with Crippen molar-refractivity contribution in [3.05, 3.63) is 48.5 Å². The fourth-order valence-corrected chi connectivity index (χ4v) is 1.26. The molecule has 0 spiro atoms. The Morgan fingerprint density at radius 1 is 0.667 bits per heavy atom. The van der Waals surface area contributed by atoms with E-state index in [0.717, 1.165) is 0 Å². The van der Waals surface area contributed by atoms with Gasteiger partial charge in [-0.15, -0.1) is 0 Å². The summed E-state index contributed by atoms with van der Waals surface area (Å²) in [5, 5.41) is 18.0. The van der Waals surface area contributed by atoms with Crippen LogP contribution in [0.25, 0.3) is 0 Å². The van der Waals surface area contributed by atoms with E-state index in [9.17, 15) is 0 Å². The largest absolute Gasteiger partial charge is 0.504 e. The number of benzene rings is 2. The van der Waals surface area contributed by atoms with Crippen molar-refractivity contribution in [3.8, 4) is 23.0 Å². The average Bonchev–Trinajstić information content (AvgIpc) is 2.41. The normalized spacial score (nSPS) is 9.00. The summed E-state index contributed by atoms with van der Waals surface area (Å²) in [6.07, 6.45) is 0. The first kappa shape index (κ1) is 13.7. The zero-order valence-corrected chi connectivity index (χ0v) is 10.3. The predicted octanol–water partition coefficient (Wildman–Crippen LogP) is 2.80. The van der Waals surface area contributed by atoms with Crippen molar-refractivity contribution in [2.45, 2.75) is 0 Å². The fraction of sp³-hybridized carbons (Fsp3) is 0.143. The molecule has 0 aliphatic carbocycles. The summed E-state index contributed by atoms with van der Waals surface area (Å²) in [5.74, 6) is 1.38. The molecule has 0 amide bonds. The summed E-state index contributed by atoms with van der Waals surface area (Å²) in [7, 11) is 3.05. The molecule has 2 aromatic rings. The second-order valence-electron chi connectivity index (χ2n) is 3.34. The summed E-state index contributed by atoms with van der Waals surface area (Å²) in [4.78, 5) is 0. The van der Waals surface area contributed by atoms with Gasteiger partial charge < -0.3 is 19.7 Å². The van der Waals surface area contributed by atoms with Crippen molar-refractivity contribution >= 4 is 0 Å². The molecule has 0 heterocycles. The molecule has 0 unspecified atom stereocenters. The van der Waals surface area contributed by atoms with E-state index in [4.69, 9.17) is 19.7 Å². The molecule has 4 heteroatoms. The maximum atomic E-state index is 8.99. The highest BCUT2D eigenvalue weighted by Crippen LogP contribution is 2.23. The summed E-state index contributed by atoms with van der Waals surface area (Å²) in [6.45, 7) is 0. The standard InChI is InChI=1S/2C7H8O2/c2*1-9-7-5-3-2-4-6(7)8/h2*2-5,8H,1H3. The number of ether oxygens (including phenoxy) is 2. The fourth-order valence-electron chi connectivity index (χ4n) is 1.26. The van der Waals surface area contributed by atoms with E-state index in [1.54, 1.807) is 48.5 Å². The van der Waals surface area contributed by atoms with Gasteiger partial charge in [0.05, 0.1) is 14.2 Å². The van der Waals surface area contributed by atoms with Gasteiger partial charge in [-0.3, -0.25) is 0 Å². The van der Waals surface area contributed by atoms with E-state index >= 15 is 0 Å². The molecule has 2 aromatic carbocycles. The van der Waals surface area contributed by atoms with Crippen LogP contribution in [0.1, 0.15) is 0 Å². The van der Waals surface area contributed by atoms with Crippen LogP contribution in [0.3, 0.4) is 0 Å². The zero-order chi connectivity index (χ0) is 13.4. The molecule has 0 aliphatic heterocycles. The smallest absolute Gasteiger partial charge is 0.160 e. The van der Waals surface area contributed by atoms with Crippen molar-refractivity contribution in [2.24, 2.45) is 0 Å². The lowest BCUT2D eigenvalue weighted by atomic mass is 10.3. The van der Waals surface area contributed by atoms with Crippen LogP contribution < -0.4 is 9.47 Å². The number of rotatable bonds is 2. The van der Waals surface area contributed by atoms with E-state index in [1.807, 2.05) is 0 Å². The predicted molar refractivity (Wildman–Crippen MR) is 69.3 cm³/mol. The van der Waals surface area contributed by atoms with Gasteiger partial charge in [0.1, 0.15) is 0 Å². The Balaban J connectivity index is 0.000000180. The zero-order valence-electron chi connectivity index (χ0n) is 10.3. The maximum Gasteiger partial charge on any atom is 0.160 e. The van der Waals surface area contributed by atoms with Crippen LogP contribution >= 0.6 is 0 Å². The summed E-state index contributed by atoms with van der Waals surface area (Å²) in [6, 6.07) is 13.7. The molecule has 0 aromatic heterocycles. The van der Waals surface area contributed by atoms with Crippen molar-refractivity contribution in [1.82, 2.24) is 0 Å². The monoisotopic (exact) mass is 248 g/mol. The quantitative estimate of drug-likeness (QED) is 0.858. The van der Waals surface area contributed by atoms with E-state index < -0.39 is 0 Å². The minimum Gasteiger partial charge on any atom is -0.504 e. The van der Waals surface area contributed by atoms with Gasteiger partial charge in [0.15, 0.2) is 23.0 Å². The van der Waals surface area contributed by atoms with Crippen molar-refractivity contribution in [3.63, 3.8) is 0 Å². The van der Waals surface area contributed by atoms with Crippen molar-refractivity contribution in [1.29, 1.82) is 0 Å². The van der Waals surface area contributed by atoms with Crippen molar-refractivity contribution in [2.75, 3.05) is 14.2 Å². The molecular weight excluding hydrogens is 232 g/mol. The molecule has 2 rings (SSSR count). The SMILES string of the molecule is COc1ccccc1O.COc1ccccc1O. The number of hydrogen-bond donors (Lipinski definition) is 2. The minimum atomic E-state index is 0.181. The molecule has 0 bridgehead atoms. The molecule has 0 aliphatic rings. The van der Waals surface area contributed by atoms with Gasteiger partial charge in [-0.2, -0.15) is 0 Å². The van der Waals surface area contributed by atoms with Gasteiger partial charge in [-0.1, -0.05) is 24.3 Å². The molecule has 0 fully saturated rings. The topological polar surface area (TPSA) is 58.9 Å². The van der Waals surface area contributed by atoms with Gasteiger partial charge in [0, 0.05) is 0 Å². The molecule has 96 valence electrons. The van der Waals surface area contributed by atoms with Gasteiger partial charge in [0.25, 0.3) is 0 Å². The van der Waals surface area contributed by atoms with Gasteiger partial charge in [-0.05, 0) is 24.3 Å². The number of hydrogen-bond acceptors (Lipinski definition) is 4. The first-order valence-electron chi connectivity index (χ1n) is 5.33. The van der Waals surface area contributed by atoms with Crippen LogP contribution in [0.4, 0.5) is 0 Å². The molecule has 0 saturated carbocycles.